The van der Waals surface area contributed by atoms with Crippen molar-refractivity contribution in [2.75, 3.05) is 11.9 Å². The summed E-state index contributed by atoms with van der Waals surface area (Å²) in [5.74, 6) is -0.349. The van der Waals surface area contributed by atoms with Crippen LogP contribution in [0.15, 0.2) is 42.5 Å². The molecule has 118 valence electrons. The third-order valence-corrected chi connectivity index (χ3v) is 3.59. The summed E-state index contributed by atoms with van der Waals surface area (Å²) in [6.45, 7) is 1.75. The molecule has 0 unspecified atom stereocenters. The lowest BCUT2D eigenvalue weighted by molar-refractivity contribution is -0.118. The maximum Gasteiger partial charge on any atom is 0.262 e. The van der Waals surface area contributed by atoms with Crippen LogP contribution in [0.2, 0.25) is 0 Å². The number of rotatable bonds is 3. The van der Waals surface area contributed by atoms with Crippen molar-refractivity contribution in [2.24, 2.45) is 0 Å². The maximum atomic E-state index is 12.9. The summed E-state index contributed by atoms with van der Waals surface area (Å²) in [6.07, 6.45) is 0. The van der Waals surface area contributed by atoms with E-state index < -0.39 is 0 Å². The van der Waals surface area contributed by atoms with E-state index in [0.717, 1.165) is 5.56 Å². The molecule has 2 N–H and O–H groups in total. The van der Waals surface area contributed by atoms with E-state index in [0.29, 0.717) is 17.0 Å². The van der Waals surface area contributed by atoms with Gasteiger partial charge in [-0.15, -0.1) is 0 Å². The van der Waals surface area contributed by atoms with Crippen LogP contribution in [0.4, 0.5) is 10.1 Å². The van der Waals surface area contributed by atoms with E-state index in [1.165, 1.54) is 12.1 Å². The number of hydrogen-bond donors (Lipinski definition) is 2. The highest BCUT2D eigenvalue weighted by Crippen LogP contribution is 2.28. The van der Waals surface area contributed by atoms with E-state index in [-0.39, 0.29) is 30.3 Å². The predicted molar refractivity (Wildman–Crippen MR) is 82.8 cm³/mol. The van der Waals surface area contributed by atoms with Gasteiger partial charge in [-0.25, -0.2) is 4.39 Å². The Morgan fingerprint density at radius 1 is 1.26 bits per heavy atom. The molecule has 0 saturated carbocycles. The smallest absolute Gasteiger partial charge is 0.262 e. The van der Waals surface area contributed by atoms with Crippen LogP contribution >= 0.6 is 0 Å². The van der Waals surface area contributed by atoms with Gasteiger partial charge in [0.25, 0.3) is 11.8 Å². The van der Waals surface area contributed by atoms with E-state index in [1.807, 2.05) is 6.92 Å². The van der Waals surface area contributed by atoms with Crippen molar-refractivity contribution in [1.29, 1.82) is 0 Å². The molecule has 0 bridgehead atoms. The van der Waals surface area contributed by atoms with Crippen LogP contribution < -0.4 is 15.4 Å². The maximum absolute atomic E-state index is 12.9. The van der Waals surface area contributed by atoms with Gasteiger partial charge < -0.3 is 15.4 Å². The number of amides is 2. The summed E-state index contributed by atoms with van der Waals surface area (Å²) >= 11 is 0. The predicted octanol–water partition coefficient (Wildman–Crippen LogP) is 2.65. The number of anilines is 1. The summed E-state index contributed by atoms with van der Waals surface area (Å²) in [7, 11) is 0. The molecule has 2 aromatic rings. The number of benzene rings is 2. The summed E-state index contributed by atoms with van der Waals surface area (Å²) in [5, 5.41) is 5.51. The molecular formula is C17H15FN2O3. The third-order valence-electron chi connectivity index (χ3n) is 3.59. The Morgan fingerprint density at radius 3 is 2.74 bits per heavy atom. The van der Waals surface area contributed by atoms with E-state index in [9.17, 15) is 14.0 Å². The van der Waals surface area contributed by atoms with Crippen LogP contribution in [0.25, 0.3) is 0 Å². The molecule has 0 spiro atoms. The second-order valence-electron chi connectivity index (χ2n) is 5.29. The molecule has 3 rings (SSSR count). The lowest BCUT2D eigenvalue weighted by atomic mass is 10.1. The van der Waals surface area contributed by atoms with Crippen molar-refractivity contribution < 1.29 is 18.7 Å². The zero-order valence-corrected chi connectivity index (χ0v) is 12.4. The molecule has 5 nitrogen and oxygen atoms in total. The highest BCUT2D eigenvalue weighted by atomic mass is 19.1. The first-order valence-electron chi connectivity index (χ1n) is 7.16. The van der Waals surface area contributed by atoms with Gasteiger partial charge >= 0.3 is 0 Å². The lowest BCUT2D eigenvalue weighted by Gasteiger charge is -2.19. The van der Waals surface area contributed by atoms with Crippen LogP contribution in [0.1, 0.15) is 28.9 Å². The number of carbonyl (C=O) groups excluding carboxylic acids is 2. The first-order chi connectivity index (χ1) is 11.0. The zero-order valence-electron chi connectivity index (χ0n) is 12.4. The molecule has 23 heavy (non-hydrogen) atoms. The van der Waals surface area contributed by atoms with Crippen LogP contribution in [0.5, 0.6) is 5.75 Å². The van der Waals surface area contributed by atoms with Gasteiger partial charge in [0.1, 0.15) is 11.6 Å². The highest BCUT2D eigenvalue weighted by molar-refractivity contribution is 5.99. The molecule has 2 amide bonds. The van der Waals surface area contributed by atoms with Crippen molar-refractivity contribution in [3.05, 3.63) is 59.4 Å². The Bertz CT molecular complexity index is 759. The van der Waals surface area contributed by atoms with Crippen molar-refractivity contribution in [3.8, 4) is 5.75 Å². The molecule has 6 heteroatoms. The molecular weight excluding hydrogens is 299 g/mol. The van der Waals surface area contributed by atoms with Gasteiger partial charge in [0.2, 0.25) is 0 Å². The van der Waals surface area contributed by atoms with Crippen molar-refractivity contribution in [2.45, 2.75) is 13.0 Å². The third kappa shape index (κ3) is 3.31. The summed E-state index contributed by atoms with van der Waals surface area (Å²) in [5.41, 5.74) is 1.78. The largest absolute Gasteiger partial charge is 0.482 e. The Balaban J connectivity index is 1.73. The highest BCUT2D eigenvalue weighted by Gasteiger charge is 2.18. The second-order valence-corrected chi connectivity index (χ2v) is 5.29. The van der Waals surface area contributed by atoms with Gasteiger partial charge in [-0.3, -0.25) is 9.59 Å². The van der Waals surface area contributed by atoms with E-state index >= 15 is 0 Å². The molecule has 0 saturated heterocycles. The molecule has 1 aliphatic rings. The minimum Gasteiger partial charge on any atom is -0.482 e. The summed E-state index contributed by atoms with van der Waals surface area (Å²) in [4.78, 5) is 23.5. The monoisotopic (exact) mass is 314 g/mol. The number of fused-ring (bicyclic) bond motifs is 1. The van der Waals surface area contributed by atoms with Gasteiger partial charge in [-0.05, 0) is 42.8 Å². The second kappa shape index (κ2) is 6.08. The number of hydrogen-bond acceptors (Lipinski definition) is 3. The van der Waals surface area contributed by atoms with Gasteiger partial charge in [-0.2, -0.15) is 0 Å². The Hall–Kier alpha value is -2.89. The van der Waals surface area contributed by atoms with Gasteiger partial charge in [0.05, 0.1) is 11.7 Å². The Morgan fingerprint density at radius 2 is 2.00 bits per heavy atom. The first-order valence-corrected chi connectivity index (χ1v) is 7.16. The first kappa shape index (κ1) is 15.0. The number of nitrogens with one attached hydrogen (secondary N) is 2. The van der Waals surface area contributed by atoms with Crippen LogP contribution in [-0.2, 0) is 4.79 Å². The van der Waals surface area contributed by atoms with E-state index in [2.05, 4.69) is 10.6 Å². The molecule has 1 heterocycles. The van der Waals surface area contributed by atoms with E-state index in [4.69, 9.17) is 4.74 Å². The average molecular weight is 314 g/mol. The quantitative estimate of drug-likeness (QED) is 0.915. The zero-order chi connectivity index (χ0) is 16.4. The SMILES string of the molecule is C[C@H](NC(=O)c1ccc2c(c1)OCC(=O)N2)c1ccc(F)cc1. The van der Waals surface area contributed by atoms with E-state index in [1.54, 1.807) is 30.3 Å². The fraction of sp³-hybridized carbons (Fsp3) is 0.176. The molecule has 1 atom stereocenters. The van der Waals surface area contributed by atoms with Crippen molar-refractivity contribution >= 4 is 17.5 Å². The molecule has 0 aliphatic carbocycles. The standard InChI is InChI=1S/C17H15FN2O3/c1-10(11-2-5-13(18)6-3-11)19-17(22)12-4-7-14-15(8-12)23-9-16(21)20-14/h2-8,10H,9H2,1H3,(H,19,22)(H,20,21)/t10-/m0/s1. The number of ether oxygens (including phenoxy) is 1. The van der Waals surface area contributed by atoms with Gasteiger partial charge in [-0.1, -0.05) is 12.1 Å². The molecule has 0 aromatic heterocycles. The normalized spacial score (nSPS) is 14.3. The Labute approximate surface area is 132 Å². The Kier molecular flexibility index (Phi) is 3.97. The van der Waals surface area contributed by atoms with Gasteiger partial charge in [0, 0.05) is 5.56 Å². The van der Waals surface area contributed by atoms with Crippen molar-refractivity contribution in [3.63, 3.8) is 0 Å². The summed E-state index contributed by atoms with van der Waals surface area (Å²) < 4.78 is 18.2. The minimum absolute atomic E-state index is 0.0654. The van der Waals surface area contributed by atoms with Crippen LogP contribution in [0, 0.1) is 5.82 Å². The molecule has 0 fully saturated rings. The molecule has 2 aromatic carbocycles. The van der Waals surface area contributed by atoms with Crippen molar-refractivity contribution in [1.82, 2.24) is 5.32 Å². The number of carbonyl (C=O) groups is 2. The number of halogens is 1. The van der Waals surface area contributed by atoms with Crippen LogP contribution in [0.3, 0.4) is 0 Å². The minimum atomic E-state index is -0.318. The fourth-order valence-corrected chi connectivity index (χ4v) is 2.33. The lowest BCUT2D eigenvalue weighted by Crippen LogP contribution is -2.28. The van der Waals surface area contributed by atoms with Gasteiger partial charge in [0.15, 0.2) is 6.61 Å². The fourth-order valence-electron chi connectivity index (χ4n) is 2.33. The average Bonchev–Trinajstić information content (AvgIpc) is 2.54. The topological polar surface area (TPSA) is 67.4 Å². The summed E-state index contributed by atoms with van der Waals surface area (Å²) in [6, 6.07) is 10.5. The van der Waals surface area contributed by atoms with Crippen LogP contribution in [-0.4, -0.2) is 18.4 Å². The molecule has 1 aliphatic heterocycles. The molecule has 0 radical (unpaired) electrons.